The van der Waals surface area contributed by atoms with Crippen molar-refractivity contribution < 1.29 is 0 Å². The molecule has 2 aromatic rings. The number of hydrogen-bond acceptors (Lipinski definition) is 4. The molecule has 3 rings (SSSR count). The summed E-state index contributed by atoms with van der Waals surface area (Å²) in [5.74, 6) is 1.69. The van der Waals surface area contributed by atoms with Crippen LogP contribution >= 0.6 is 0 Å². The van der Waals surface area contributed by atoms with Gasteiger partial charge in [0.1, 0.15) is 5.82 Å². The number of benzene rings is 1. The van der Waals surface area contributed by atoms with Gasteiger partial charge in [-0.15, -0.1) is 0 Å². The molecule has 1 aromatic carbocycles. The second kappa shape index (κ2) is 6.95. The van der Waals surface area contributed by atoms with Crippen LogP contribution in [0.25, 0.3) is 10.9 Å². The fourth-order valence-electron chi connectivity index (χ4n) is 3.13. The van der Waals surface area contributed by atoms with E-state index in [0.717, 1.165) is 22.7 Å². The topological polar surface area (TPSA) is 49.8 Å². The summed E-state index contributed by atoms with van der Waals surface area (Å²) in [6.07, 6.45) is 7.78. The quantitative estimate of drug-likeness (QED) is 0.811. The molecular weight excluding hydrogens is 272 g/mol. The molecule has 0 radical (unpaired) electrons. The predicted molar refractivity (Wildman–Crippen MR) is 93.4 cm³/mol. The van der Waals surface area contributed by atoms with E-state index in [9.17, 15) is 0 Å². The summed E-state index contributed by atoms with van der Waals surface area (Å²) in [4.78, 5) is 9.44. The van der Waals surface area contributed by atoms with E-state index in [4.69, 9.17) is 9.97 Å². The molecule has 0 amide bonds. The van der Waals surface area contributed by atoms with E-state index in [1.807, 2.05) is 12.1 Å². The van der Waals surface area contributed by atoms with Crippen molar-refractivity contribution in [1.29, 1.82) is 0 Å². The van der Waals surface area contributed by atoms with Crippen molar-refractivity contribution in [3.05, 3.63) is 24.3 Å². The van der Waals surface area contributed by atoms with Gasteiger partial charge in [-0.3, -0.25) is 0 Å². The first-order chi connectivity index (χ1) is 10.7. The number of nitrogens with one attached hydrogen (secondary N) is 2. The number of hydrogen-bond donors (Lipinski definition) is 2. The molecule has 22 heavy (non-hydrogen) atoms. The highest BCUT2D eigenvalue weighted by atomic mass is 15.2. The minimum absolute atomic E-state index is 0.351. The second-order valence-corrected chi connectivity index (χ2v) is 6.54. The third-order valence-electron chi connectivity index (χ3n) is 4.22. The lowest BCUT2D eigenvalue weighted by Crippen LogP contribution is -2.21. The molecule has 0 unspecified atom stereocenters. The number of nitrogens with zero attached hydrogens (tertiary/aromatic N) is 2. The lowest BCUT2D eigenvalue weighted by molar-refractivity contribution is 0.615. The Morgan fingerprint density at radius 1 is 1.00 bits per heavy atom. The van der Waals surface area contributed by atoms with Crippen molar-refractivity contribution in [2.75, 3.05) is 10.6 Å². The van der Waals surface area contributed by atoms with E-state index < -0.39 is 0 Å². The second-order valence-electron chi connectivity index (χ2n) is 6.54. The average molecular weight is 298 g/mol. The third kappa shape index (κ3) is 3.67. The molecule has 1 heterocycles. The molecule has 2 N–H and O–H groups in total. The van der Waals surface area contributed by atoms with Crippen LogP contribution in [0.3, 0.4) is 0 Å². The normalized spacial score (nSPS) is 16.7. The molecule has 1 fully saturated rings. The molecule has 0 bridgehead atoms. The Balaban J connectivity index is 1.88. The highest BCUT2D eigenvalue weighted by Gasteiger charge is 2.15. The Labute approximate surface area is 132 Å². The molecular formula is C18H26N4. The van der Waals surface area contributed by atoms with Gasteiger partial charge in [-0.2, -0.15) is 4.98 Å². The maximum Gasteiger partial charge on any atom is 0.225 e. The van der Waals surface area contributed by atoms with Gasteiger partial charge in [-0.05, 0) is 38.8 Å². The standard InChI is InChI=1S/C18H26N4/c1-13(2)19-17-15-11-7-8-12-16(15)21-18(22-17)20-14-9-5-3-4-6-10-14/h7-8,11-14H,3-6,9-10H2,1-2H3,(H2,19,20,21,22). The van der Waals surface area contributed by atoms with Gasteiger partial charge in [0.25, 0.3) is 0 Å². The first-order valence-corrected chi connectivity index (χ1v) is 8.52. The van der Waals surface area contributed by atoms with Crippen LogP contribution in [0.2, 0.25) is 0 Å². The zero-order valence-electron chi connectivity index (χ0n) is 13.6. The van der Waals surface area contributed by atoms with Crippen LogP contribution < -0.4 is 10.6 Å². The fourth-order valence-corrected chi connectivity index (χ4v) is 3.13. The first kappa shape index (κ1) is 15.1. The molecule has 118 valence electrons. The van der Waals surface area contributed by atoms with Crippen LogP contribution in [0.4, 0.5) is 11.8 Å². The Bertz CT molecular complexity index is 616. The van der Waals surface area contributed by atoms with Crippen LogP contribution in [0.5, 0.6) is 0 Å². The highest BCUT2D eigenvalue weighted by molar-refractivity contribution is 5.90. The number of rotatable bonds is 4. The van der Waals surface area contributed by atoms with Gasteiger partial charge in [-0.1, -0.05) is 37.8 Å². The molecule has 1 saturated carbocycles. The highest BCUT2D eigenvalue weighted by Crippen LogP contribution is 2.25. The maximum absolute atomic E-state index is 4.73. The molecule has 1 aromatic heterocycles. The Hall–Kier alpha value is -1.84. The minimum atomic E-state index is 0.351. The van der Waals surface area contributed by atoms with E-state index in [1.54, 1.807) is 0 Å². The van der Waals surface area contributed by atoms with E-state index in [2.05, 4.69) is 36.6 Å². The lowest BCUT2D eigenvalue weighted by Gasteiger charge is -2.18. The maximum atomic E-state index is 4.73. The molecule has 1 aliphatic carbocycles. The van der Waals surface area contributed by atoms with Gasteiger partial charge in [0.15, 0.2) is 0 Å². The van der Waals surface area contributed by atoms with E-state index in [1.165, 1.54) is 38.5 Å². The zero-order valence-corrected chi connectivity index (χ0v) is 13.6. The Morgan fingerprint density at radius 2 is 1.73 bits per heavy atom. The smallest absolute Gasteiger partial charge is 0.225 e. The van der Waals surface area contributed by atoms with Crippen molar-refractivity contribution in [3.8, 4) is 0 Å². The number of anilines is 2. The summed E-state index contributed by atoms with van der Waals surface area (Å²) in [5.41, 5.74) is 0.997. The lowest BCUT2D eigenvalue weighted by atomic mass is 10.1. The summed E-state index contributed by atoms with van der Waals surface area (Å²) in [7, 11) is 0. The summed E-state index contributed by atoms with van der Waals surface area (Å²) >= 11 is 0. The SMILES string of the molecule is CC(C)Nc1nc(NC2CCCCCC2)nc2ccccc12. The third-order valence-corrected chi connectivity index (χ3v) is 4.22. The van der Waals surface area contributed by atoms with Crippen molar-refractivity contribution in [2.24, 2.45) is 0 Å². The van der Waals surface area contributed by atoms with Crippen LogP contribution in [0.15, 0.2) is 24.3 Å². The van der Waals surface area contributed by atoms with Gasteiger partial charge in [0.2, 0.25) is 5.95 Å². The Morgan fingerprint density at radius 3 is 2.45 bits per heavy atom. The van der Waals surface area contributed by atoms with E-state index >= 15 is 0 Å². The Kier molecular flexibility index (Phi) is 4.76. The van der Waals surface area contributed by atoms with Crippen LogP contribution in [-0.2, 0) is 0 Å². The predicted octanol–water partition coefficient (Wildman–Crippen LogP) is 4.58. The van der Waals surface area contributed by atoms with Crippen molar-refractivity contribution in [2.45, 2.75) is 64.5 Å². The average Bonchev–Trinajstić information content (AvgIpc) is 2.75. The van der Waals surface area contributed by atoms with Gasteiger partial charge in [0.05, 0.1) is 5.52 Å². The van der Waals surface area contributed by atoms with Crippen molar-refractivity contribution >= 4 is 22.7 Å². The molecule has 0 saturated heterocycles. The molecule has 4 heteroatoms. The molecule has 1 aliphatic rings. The summed E-state index contributed by atoms with van der Waals surface area (Å²) in [6, 6.07) is 9.06. The zero-order chi connectivity index (χ0) is 15.4. The minimum Gasteiger partial charge on any atom is -0.367 e. The van der Waals surface area contributed by atoms with Gasteiger partial charge in [-0.25, -0.2) is 4.98 Å². The van der Waals surface area contributed by atoms with E-state index in [0.29, 0.717) is 12.1 Å². The summed E-state index contributed by atoms with van der Waals surface area (Å²) in [5, 5.41) is 8.10. The van der Waals surface area contributed by atoms with Gasteiger partial charge < -0.3 is 10.6 Å². The number of fused-ring (bicyclic) bond motifs is 1. The van der Waals surface area contributed by atoms with Crippen LogP contribution in [0.1, 0.15) is 52.4 Å². The van der Waals surface area contributed by atoms with Crippen LogP contribution in [-0.4, -0.2) is 22.1 Å². The molecule has 4 nitrogen and oxygen atoms in total. The molecule has 0 atom stereocenters. The summed E-state index contributed by atoms with van der Waals surface area (Å²) in [6.45, 7) is 4.27. The van der Waals surface area contributed by atoms with E-state index in [-0.39, 0.29) is 0 Å². The monoisotopic (exact) mass is 298 g/mol. The van der Waals surface area contributed by atoms with Gasteiger partial charge in [0, 0.05) is 17.5 Å². The van der Waals surface area contributed by atoms with Crippen molar-refractivity contribution in [3.63, 3.8) is 0 Å². The fraction of sp³-hybridized carbons (Fsp3) is 0.556. The van der Waals surface area contributed by atoms with Crippen molar-refractivity contribution in [1.82, 2.24) is 9.97 Å². The van der Waals surface area contributed by atoms with Crippen LogP contribution in [0, 0.1) is 0 Å². The van der Waals surface area contributed by atoms with Gasteiger partial charge >= 0.3 is 0 Å². The molecule has 0 spiro atoms. The number of aromatic nitrogens is 2. The largest absolute Gasteiger partial charge is 0.367 e. The number of para-hydroxylation sites is 1. The first-order valence-electron chi connectivity index (χ1n) is 8.52. The molecule has 0 aliphatic heterocycles. The summed E-state index contributed by atoms with van der Waals surface area (Å²) < 4.78 is 0.